The fraction of sp³-hybridized carbons (Fsp3) is 0.0952. The first-order valence-electron chi connectivity index (χ1n) is 8.40. The van der Waals surface area contributed by atoms with E-state index in [1.807, 2.05) is 41.9 Å². The Kier molecular flexibility index (Phi) is 4.33. The normalized spacial score (nSPS) is 10.9. The second-order valence-electron chi connectivity index (χ2n) is 6.14. The van der Waals surface area contributed by atoms with Crippen LogP contribution in [0.4, 0.5) is 0 Å². The smallest absolute Gasteiger partial charge is 0.353 e. The first-order chi connectivity index (χ1) is 13.0. The Hall–Kier alpha value is -3.25. The van der Waals surface area contributed by atoms with Crippen molar-refractivity contribution in [1.29, 1.82) is 0 Å². The van der Waals surface area contributed by atoms with E-state index < -0.39 is 5.97 Å². The van der Waals surface area contributed by atoms with Crippen LogP contribution in [0.3, 0.4) is 0 Å². The van der Waals surface area contributed by atoms with Gasteiger partial charge in [0.05, 0.1) is 11.4 Å². The van der Waals surface area contributed by atoms with Crippen LogP contribution in [-0.4, -0.2) is 21.5 Å². The molecule has 0 bridgehead atoms. The number of aromatic nitrogens is 2. The molecule has 2 aromatic heterocycles. The fourth-order valence-electron chi connectivity index (χ4n) is 2.83. The van der Waals surface area contributed by atoms with Crippen LogP contribution in [0.5, 0.6) is 5.75 Å². The highest BCUT2D eigenvalue weighted by Crippen LogP contribution is 2.31. The number of benzene rings is 2. The SMILES string of the molecule is CC(=O)c1cccc(OC(=O)c2cc3c(C)nn(-c4ccccc4)c3s2)c1. The number of aryl methyl sites for hydroxylation is 1. The maximum Gasteiger partial charge on any atom is 0.353 e. The Morgan fingerprint density at radius 2 is 1.81 bits per heavy atom. The maximum absolute atomic E-state index is 12.6. The van der Waals surface area contributed by atoms with Crippen molar-refractivity contribution in [3.8, 4) is 11.4 Å². The molecule has 2 aromatic carbocycles. The summed E-state index contributed by atoms with van der Waals surface area (Å²) in [6, 6.07) is 18.2. The summed E-state index contributed by atoms with van der Waals surface area (Å²) >= 11 is 1.34. The summed E-state index contributed by atoms with van der Waals surface area (Å²) in [6.45, 7) is 3.39. The van der Waals surface area contributed by atoms with Gasteiger partial charge in [0.2, 0.25) is 0 Å². The zero-order chi connectivity index (χ0) is 19.0. The molecular weight excluding hydrogens is 360 g/mol. The van der Waals surface area contributed by atoms with Crippen molar-refractivity contribution in [3.05, 3.63) is 76.8 Å². The van der Waals surface area contributed by atoms with Gasteiger partial charge in [-0.15, -0.1) is 11.3 Å². The van der Waals surface area contributed by atoms with Crippen molar-refractivity contribution in [2.45, 2.75) is 13.8 Å². The fourth-order valence-corrected chi connectivity index (χ4v) is 3.89. The summed E-state index contributed by atoms with van der Waals surface area (Å²) in [6.07, 6.45) is 0. The standard InChI is InChI=1S/C21H16N2O3S/c1-13-18-12-19(21(25)26-17-10-6-7-15(11-17)14(2)24)27-20(18)23(22-13)16-8-4-3-5-9-16/h3-12H,1-2H3. The van der Waals surface area contributed by atoms with E-state index in [9.17, 15) is 9.59 Å². The van der Waals surface area contributed by atoms with Crippen LogP contribution in [0.2, 0.25) is 0 Å². The van der Waals surface area contributed by atoms with Crippen molar-refractivity contribution in [1.82, 2.24) is 9.78 Å². The summed E-state index contributed by atoms with van der Waals surface area (Å²) < 4.78 is 7.30. The molecule has 0 radical (unpaired) electrons. The van der Waals surface area contributed by atoms with Crippen molar-refractivity contribution in [3.63, 3.8) is 0 Å². The average molecular weight is 376 g/mol. The van der Waals surface area contributed by atoms with Gasteiger partial charge in [0.15, 0.2) is 5.78 Å². The number of hydrogen-bond acceptors (Lipinski definition) is 5. The summed E-state index contributed by atoms with van der Waals surface area (Å²) in [7, 11) is 0. The zero-order valence-corrected chi connectivity index (χ0v) is 15.6. The van der Waals surface area contributed by atoms with Crippen LogP contribution >= 0.6 is 11.3 Å². The number of rotatable bonds is 4. The number of para-hydroxylation sites is 1. The molecule has 27 heavy (non-hydrogen) atoms. The van der Waals surface area contributed by atoms with Crippen LogP contribution in [-0.2, 0) is 0 Å². The molecule has 2 heterocycles. The Morgan fingerprint density at radius 1 is 1.04 bits per heavy atom. The third-order valence-corrected chi connectivity index (χ3v) is 5.29. The molecule has 0 spiro atoms. The molecule has 0 atom stereocenters. The molecule has 0 N–H and O–H groups in total. The molecule has 0 amide bonds. The van der Waals surface area contributed by atoms with Crippen molar-refractivity contribution in [2.75, 3.05) is 0 Å². The number of hydrogen-bond donors (Lipinski definition) is 0. The van der Waals surface area contributed by atoms with E-state index >= 15 is 0 Å². The Bertz CT molecular complexity index is 1160. The third-order valence-electron chi connectivity index (χ3n) is 4.20. The molecule has 0 aliphatic carbocycles. The van der Waals surface area contributed by atoms with Crippen molar-refractivity contribution in [2.24, 2.45) is 0 Å². The van der Waals surface area contributed by atoms with E-state index in [-0.39, 0.29) is 5.78 Å². The third kappa shape index (κ3) is 3.27. The van der Waals surface area contributed by atoms with Crippen molar-refractivity contribution >= 4 is 33.3 Å². The highest BCUT2D eigenvalue weighted by atomic mass is 32.1. The number of carbonyl (C=O) groups is 2. The van der Waals surface area contributed by atoms with E-state index in [1.165, 1.54) is 18.3 Å². The highest BCUT2D eigenvalue weighted by Gasteiger charge is 2.18. The molecule has 5 nitrogen and oxygen atoms in total. The van der Waals surface area contributed by atoms with Crippen LogP contribution in [0.1, 0.15) is 32.6 Å². The van der Waals surface area contributed by atoms with Crippen LogP contribution in [0.25, 0.3) is 15.9 Å². The van der Waals surface area contributed by atoms with Crippen molar-refractivity contribution < 1.29 is 14.3 Å². The largest absolute Gasteiger partial charge is 0.422 e. The molecule has 0 aliphatic rings. The van der Waals surface area contributed by atoms with Gasteiger partial charge < -0.3 is 4.74 Å². The van der Waals surface area contributed by atoms with Gasteiger partial charge in [0.1, 0.15) is 15.5 Å². The van der Waals surface area contributed by atoms with E-state index in [2.05, 4.69) is 5.10 Å². The minimum atomic E-state index is -0.448. The number of Topliss-reactive ketones (excluding diaryl/α,β-unsaturated/α-hetero) is 1. The lowest BCUT2D eigenvalue weighted by molar-refractivity contribution is 0.0739. The summed E-state index contributed by atoms with van der Waals surface area (Å²) in [4.78, 5) is 25.5. The van der Waals surface area contributed by atoms with Gasteiger partial charge in [-0.25, -0.2) is 9.48 Å². The number of fused-ring (bicyclic) bond motifs is 1. The van der Waals surface area contributed by atoms with Gasteiger partial charge >= 0.3 is 5.97 Å². The molecule has 0 saturated carbocycles. The summed E-state index contributed by atoms with van der Waals surface area (Å²) in [5.74, 6) is -0.171. The van der Waals surface area contributed by atoms with E-state index in [0.29, 0.717) is 16.2 Å². The van der Waals surface area contributed by atoms with E-state index in [1.54, 1.807) is 30.3 Å². The summed E-state index contributed by atoms with van der Waals surface area (Å²) in [5.41, 5.74) is 2.29. The Balaban J connectivity index is 1.67. The average Bonchev–Trinajstić information content (AvgIpc) is 3.23. The predicted molar refractivity (Wildman–Crippen MR) is 105 cm³/mol. The molecule has 0 saturated heterocycles. The van der Waals surface area contributed by atoms with Gasteiger partial charge in [-0.1, -0.05) is 30.3 Å². The van der Waals surface area contributed by atoms with Gasteiger partial charge in [-0.2, -0.15) is 5.10 Å². The lowest BCUT2D eigenvalue weighted by Gasteiger charge is -2.04. The zero-order valence-electron chi connectivity index (χ0n) is 14.8. The number of nitrogens with zero attached hydrogens (tertiary/aromatic N) is 2. The van der Waals surface area contributed by atoms with E-state index in [0.717, 1.165) is 21.6 Å². The molecule has 4 rings (SSSR count). The second kappa shape index (κ2) is 6.81. The molecule has 0 aliphatic heterocycles. The molecule has 4 aromatic rings. The number of esters is 1. The lowest BCUT2D eigenvalue weighted by Crippen LogP contribution is -2.07. The Labute approximate surface area is 159 Å². The molecule has 134 valence electrons. The van der Waals surface area contributed by atoms with Gasteiger partial charge in [-0.3, -0.25) is 4.79 Å². The van der Waals surface area contributed by atoms with Crippen LogP contribution in [0.15, 0.2) is 60.7 Å². The molecule has 0 fully saturated rings. The van der Waals surface area contributed by atoms with Gasteiger partial charge in [-0.05, 0) is 44.2 Å². The maximum atomic E-state index is 12.6. The van der Waals surface area contributed by atoms with Gasteiger partial charge in [0, 0.05) is 10.9 Å². The first-order valence-corrected chi connectivity index (χ1v) is 9.22. The minimum absolute atomic E-state index is 0.0756. The first kappa shape index (κ1) is 17.2. The Morgan fingerprint density at radius 3 is 2.56 bits per heavy atom. The number of thiophene rings is 1. The second-order valence-corrected chi connectivity index (χ2v) is 7.17. The quantitative estimate of drug-likeness (QED) is 0.291. The topological polar surface area (TPSA) is 61.2 Å². The monoisotopic (exact) mass is 376 g/mol. The summed E-state index contributed by atoms with van der Waals surface area (Å²) in [5, 5.41) is 5.50. The lowest BCUT2D eigenvalue weighted by atomic mass is 10.1. The van der Waals surface area contributed by atoms with E-state index in [4.69, 9.17) is 4.74 Å². The minimum Gasteiger partial charge on any atom is -0.422 e. The van der Waals surface area contributed by atoms with Gasteiger partial charge in [0.25, 0.3) is 0 Å². The molecular formula is C21H16N2O3S. The van der Waals surface area contributed by atoms with Crippen LogP contribution in [0, 0.1) is 6.92 Å². The number of ether oxygens (including phenoxy) is 1. The highest BCUT2D eigenvalue weighted by molar-refractivity contribution is 7.20. The molecule has 0 unspecified atom stereocenters. The molecule has 6 heteroatoms. The van der Waals surface area contributed by atoms with Crippen LogP contribution < -0.4 is 4.74 Å². The number of ketones is 1. The predicted octanol–water partition coefficient (Wildman–Crippen LogP) is 4.82. The number of carbonyl (C=O) groups excluding carboxylic acids is 2.